The molecule has 0 aliphatic heterocycles. The Balaban J connectivity index is 2.01. The molecule has 2 aromatic rings. The van der Waals surface area contributed by atoms with Crippen molar-refractivity contribution in [2.75, 3.05) is 7.11 Å². The average Bonchev–Trinajstić information content (AvgIpc) is 2.53. The number of rotatable bonds is 6. The van der Waals surface area contributed by atoms with Crippen LogP contribution in [0, 0.1) is 0 Å². The third kappa shape index (κ3) is 4.99. The van der Waals surface area contributed by atoms with Crippen LogP contribution in [-0.2, 0) is 22.5 Å². The van der Waals surface area contributed by atoms with E-state index in [2.05, 4.69) is 21.2 Å². The Morgan fingerprint density at radius 3 is 2.38 bits per heavy atom. The number of halogens is 1. The number of nitrogens with one attached hydrogen (secondary N) is 1. The lowest BCUT2D eigenvalue weighted by Crippen LogP contribution is -2.39. The van der Waals surface area contributed by atoms with Crippen LogP contribution in [-0.4, -0.2) is 19.1 Å². The van der Waals surface area contributed by atoms with E-state index in [-0.39, 0.29) is 12.0 Å². The molecule has 4 heteroatoms. The Morgan fingerprint density at radius 2 is 1.76 bits per heavy atom. The minimum Gasteiger partial charge on any atom is -0.468 e. The number of carbonyl (C=O) groups is 1. The molecule has 1 atom stereocenters. The summed E-state index contributed by atoms with van der Waals surface area (Å²) in [6, 6.07) is 17.6. The van der Waals surface area contributed by atoms with Gasteiger partial charge >= 0.3 is 5.97 Å². The second-order valence-electron chi connectivity index (χ2n) is 4.77. The van der Waals surface area contributed by atoms with E-state index < -0.39 is 0 Å². The largest absolute Gasteiger partial charge is 0.468 e. The molecule has 110 valence electrons. The van der Waals surface area contributed by atoms with Crippen LogP contribution < -0.4 is 5.32 Å². The Labute approximate surface area is 133 Å². The van der Waals surface area contributed by atoms with Gasteiger partial charge in [0.2, 0.25) is 0 Å². The maximum atomic E-state index is 11.9. The molecular weight excluding hydrogens is 330 g/mol. The summed E-state index contributed by atoms with van der Waals surface area (Å²) in [6.07, 6.45) is 0.604. The number of esters is 1. The predicted octanol–water partition coefficient (Wildman–Crippen LogP) is 3.32. The van der Waals surface area contributed by atoms with Crippen molar-refractivity contribution in [3.63, 3.8) is 0 Å². The highest BCUT2D eigenvalue weighted by Crippen LogP contribution is 2.12. The molecule has 2 rings (SSSR count). The SMILES string of the molecule is COC(=O)[C@H](Cc1ccc(Br)cc1)NCc1ccccc1. The molecule has 0 aromatic heterocycles. The Hall–Kier alpha value is -1.65. The number of methoxy groups -OCH3 is 1. The van der Waals surface area contributed by atoms with E-state index in [1.54, 1.807) is 0 Å². The number of hydrogen-bond donors (Lipinski definition) is 1. The monoisotopic (exact) mass is 347 g/mol. The molecular formula is C17H18BrNO2. The molecule has 0 aliphatic carbocycles. The summed E-state index contributed by atoms with van der Waals surface area (Å²) in [6.45, 7) is 0.636. The van der Waals surface area contributed by atoms with Gasteiger partial charge in [0.05, 0.1) is 7.11 Å². The van der Waals surface area contributed by atoms with Crippen molar-refractivity contribution in [3.05, 3.63) is 70.2 Å². The Bertz CT molecular complexity index is 569. The Kier molecular flexibility index (Phi) is 5.96. The van der Waals surface area contributed by atoms with Crippen LogP contribution in [0.25, 0.3) is 0 Å². The zero-order valence-electron chi connectivity index (χ0n) is 11.9. The second kappa shape index (κ2) is 7.96. The van der Waals surface area contributed by atoms with Gasteiger partial charge in [0.25, 0.3) is 0 Å². The van der Waals surface area contributed by atoms with Crippen molar-refractivity contribution >= 4 is 21.9 Å². The predicted molar refractivity (Wildman–Crippen MR) is 86.9 cm³/mol. The van der Waals surface area contributed by atoms with Gasteiger partial charge in [-0.1, -0.05) is 58.4 Å². The van der Waals surface area contributed by atoms with E-state index in [0.717, 1.165) is 15.6 Å². The van der Waals surface area contributed by atoms with Gasteiger partial charge in [0.15, 0.2) is 0 Å². The van der Waals surface area contributed by atoms with E-state index >= 15 is 0 Å². The summed E-state index contributed by atoms with van der Waals surface area (Å²) < 4.78 is 5.91. The maximum absolute atomic E-state index is 11.9. The molecule has 0 saturated heterocycles. The van der Waals surface area contributed by atoms with Gasteiger partial charge in [-0.05, 0) is 29.7 Å². The molecule has 0 radical (unpaired) electrons. The topological polar surface area (TPSA) is 38.3 Å². The minimum atomic E-state index is -0.351. The third-order valence-corrected chi connectivity index (χ3v) is 3.76. The van der Waals surface area contributed by atoms with E-state index in [1.165, 1.54) is 7.11 Å². The number of hydrogen-bond acceptors (Lipinski definition) is 3. The van der Waals surface area contributed by atoms with Crippen LogP contribution in [0.15, 0.2) is 59.1 Å². The third-order valence-electron chi connectivity index (χ3n) is 3.23. The number of carbonyl (C=O) groups excluding carboxylic acids is 1. The smallest absolute Gasteiger partial charge is 0.323 e. The first-order chi connectivity index (χ1) is 10.2. The first-order valence-electron chi connectivity index (χ1n) is 6.78. The summed E-state index contributed by atoms with van der Waals surface area (Å²) in [4.78, 5) is 11.9. The molecule has 0 unspecified atom stereocenters. The van der Waals surface area contributed by atoms with E-state index in [0.29, 0.717) is 13.0 Å². The lowest BCUT2D eigenvalue weighted by molar-refractivity contribution is -0.143. The highest BCUT2D eigenvalue weighted by Gasteiger charge is 2.18. The molecule has 21 heavy (non-hydrogen) atoms. The van der Waals surface area contributed by atoms with Gasteiger partial charge in [-0.3, -0.25) is 4.79 Å². The van der Waals surface area contributed by atoms with Crippen LogP contribution in [0.2, 0.25) is 0 Å². The molecule has 0 amide bonds. The van der Waals surface area contributed by atoms with Crippen LogP contribution in [0.3, 0.4) is 0 Å². The fourth-order valence-electron chi connectivity index (χ4n) is 2.07. The standard InChI is InChI=1S/C17H18BrNO2/c1-21-17(20)16(11-13-7-9-15(18)10-8-13)19-12-14-5-3-2-4-6-14/h2-10,16,19H,11-12H2,1H3/t16-/m0/s1. The molecule has 0 saturated carbocycles. The van der Waals surface area contributed by atoms with Crippen molar-refractivity contribution in [1.82, 2.24) is 5.32 Å². The van der Waals surface area contributed by atoms with Crippen molar-refractivity contribution in [2.45, 2.75) is 19.0 Å². The average molecular weight is 348 g/mol. The lowest BCUT2D eigenvalue weighted by Gasteiger charge is -2.16. The van der Waals surface area contributed by atoms with E-state index in [4.69, 9.17) is 4.74 Å². The zero-order valence-corrected chi connectivity index (χ0v) is 13.5. The van der Waals surface area contributed by atoms with Crippen molar-refractivity contribution in [3.8, 4) is 0 Å². The summed E-state index contributed by atoms with van der Waals surface area (Å²) >= 11 is 3.41. The molecule has 0 aliphatic rings. The molecule has 3 nitrogen and oxygen atoms in total. The van der Waals surface area contributed by atoms with E-state index in [9.17, 15) is 4.79 Å². The van der Waals surface area contributed by atoms with Crippen LogP contribution in [0.4, 0.5) is 0 Å². The normalized spacial score (nSPS) is 11.9. The van der Waals surface area contributed by atoms with Crippen LogP contribution in [0.5, 0.6) is 0 Å². The first kappa shape index (κ1) is 15.7. The summed E-state index contributed by atoms with van der Waals surface area (Å²) in [5.41, 5.74) is 2.23. The quantitative estimate of drug-likeness (QED) is 0.814. The van der Waals surface area contributed by atoms with Gasteiger partial charge in [-0.15, -0.1) is 0 Å². The molecule has 0 bridgehead atoms. The first-order valence-corrected chi connectivity index (χ1v) is 7.58. The van der Waals surface area contributed by atoms with Gasteiger partial charge in [0, 0.05) is 11.0 Å². The summed E-state index contributed by atoms with van der Waals surface area (Å²) in [5.74, 6) is -0.242. The van der Waals surface area contributed by atoms with Gasteiger partial charge in [-0.2, -0.15) is 0 Å². The molecule has 1 N–H and O–H groups in total. The molecule has 0 spiro atoms. The maximum Gasteiger partial charge on any atom is 0.323 e. The fourth-order valence-corrected chi connectivity index (χ4v) is 2.34. The summed E-state index contributed by atoms with van der Waals surface area (Å²) in [5, 5.41) is 3.26. The molecule has 2 aromatic carbocycles. The molecule has 0 heterocycles. The zero-order chi connectivity index (χ0) is 15.1. The Morgan fingerprint density at radius 1 is 1.10 bits per heavy atom. The number of benzene rings is 2. The van der Waals surface area contributed by atoms with Crippen molar-refractivity contribution in [2.24, 2.45) is 0 Å². The van der Waals surface area contributed by atoms with Crippen LogP contribution >= 0.6 is 15.9 Å². The molecule has 0 fully saturated rings. The minimum absolute atomic E-state index is 0.242. The van der Waals surface area contributed by atoms with Crippen molar-refractivity contribution in [1.29, 1.82) is 0 Å². The highest BCUT2D eigenvalue weighted by atomic mass is 79.9. The van der Waals surface area contributed by atoms with Gasteiger partial charge in [0.1, 0.15) is 6.04 Å². The summed E-state index contributed by atoms with van der Waals surface area (Å²) in [7, 11) is 1.42. The number of ether oxygens (including phenoxy) is 1. The van der Waals surface area contributed by atoms with Gasteiger partial charge < -0.3 is 10.1 Å². The van der Waals surface area contributed by atoms with Gasteiger partial charge in [-0.25, -0.2) is 0 Å². The fraction of sp³-hybridized carbons (Fsp3) is 0.235. The highest BCUT2D eigenvalue weighted by molar-refractivity contribution is 9.10. The van der Waals surface area contributed by atoms with E-state index in [1.807, 2.05) is 54.6 Å². The van der Waals surface area contributed by atoms with Crippen molar-refractivity contribution < 1.29 is 9.53 Å². The second-order valence-corrected chi connectivity index (χ2v) is 5.69. The van der Waals surface area contributed by atoms with Crippen LogP contribution in [0.1, 0.15) is 11.1 Å². The lowest BCUT2D eigenvalue weighted by atomic mass is 10.1.